The average Bonchev–Trinajstić information content (AvgIpc) is 3.16. The quantitative estimate of drug-likeness (QED) is 0.807. The topological polar surface area (TPSA) is 49.4 Å². The second-order valence-corrected chi connectivity index (χ2v) is 9.26. The van der Waals surface area contributed by atoms with Gasteiger partial charge in [0.05, 0.1) is 4.58 Å². The molecule has 0 saturated carbocycles. The number of nitrogens with one attached hydrogen (secondary N) is 1. The third-order valence-corrected chi connectivity index (χ3v) is 7.55. The van der Waals surface area contributed by atoms with E-state index in [1.165, 1.54) is 11.3 Å². The van der Waals surface area contributed by atoms with E-state index in [4.69, 9.17) is 0 Å². The molecule has 0 bridgehead atoms. The van der Waals surface area contributed by atoms with Crippen molar-refractivity contribution in [2.75, 3.05) is 24.6 Å². The van der Waals surface area contributed by atoms with E-state index in [0.717, 1.165) is 17.1 Å². The predicted molar refractivity (Wildman–Crippen MR) is 102 cm³/mol. The molecule has 1 aromatic rings. The molecule has 0 spiro atoms. The van der Waals surface area contributed by atoms with Crippen molar-refractivity contribution in [1.29, 1.82) is 0 Å². The van der Waals surface area contributed by atoms with Crippen LogP contribution in [0.25, 0.3) is 0 Å². The molecule has 9 heteroatoms. The van der Waals surface area contributed by atoms with E-state index in [1.807, 2.05) is 41.0 Å². The molecule has 0 aromatic heterocycles. The van der Waals surface area contributed by atoms with E-state index < -0.39 is 24.7 Å². The number of halogens is 3. The summed E-state index contributed by atoms with van der Waals surface area (Å²) in [4.78, 5) is 26.2. The Kier molecular flexibility index (Phi) is 6.62. The summed E-state index contributed by atoms with van der Waals surface area (Å²) in [7, 11) is 0. The molecule has 2 fully saturated rings. The summed E-state index contributed by atoms with van der Waals surface area (Å²) in [5.41, 5.74) is 1.61. The first kappa shape index (κ1) is 20.4. The second kappa shape index (κ2) is 8.77. The summed E-state index contributed by atoms with van der Waals surface area (Å²) < 4.78 is 37.3. The van der Waals surface area contributed by atoms with Gasteiger partial charge >= 0.3 is 6.18 Å². The minimum Gasteiger partial charge on any atom is -0.345 e. The monoisotopic (exact) mass is 418 g/mol. The van der Waals surface area contributed by atoms with Crippen LogP contribution in [0.5, 0.6) is 0 Å². The molecule has 3 rings (SSSR count). The summed E-state index contributed by atoms with van der Waals surface area (Å²) >= 11 is 3.78. The number of carbonyl (C=O) groups excluding carboxylic acids is 2. The van der Waals surface area contributed by atoms with E-state index in [0.29, 0.717) is 29.5 Å². The Morgan fingerprint density at radius 1 is 1.11 bits per heavy atom. The van der Waals surface area contributed by atoms with E-state index >= 15 is 0 Å². The molecule has 27 heavy (non-hydrogen) atoms. The number of nitrogens with zero attached hydrogens (tertiary/aromatic N) is 1. The number of benzene rings is 1. The van der Waals surface area contributed by atoms with E-state index in [-0.39, 0.29) is 5.91 Å². The molecule has 2 saturated heterocycles. The van der Waals surface area contributed by atoms with Gasteiger partial charge in [0.1, 0.15) is 12.6 Å². The van der Waals surface area contributed by atoms with Crippen LogP contribution in [0, 0.1) is 0 Å². The maximum absolute atomic E-state index is 12.8. The first-order chi connectivity index (χ1) is 12.8. The van der Waals surface area contributed by atoms with Crippen LogP contribution in [0.1, 0.15) is 39.8 Å². The lowest BCUT2D eigenvalue weighted by molar-refractivity contribution is -0.140. The minimum absolute atomic E-state index is 0.310. The standard InChI is InChI=1S/C18H21F3N2O2S2/c19-18(20,21)11-22-15(24)14-3-1-8-23(14)16(25)12-4-6-13(7-5-12)17-26-9-2-10-27-17/h4-7,14,17H,1-3,8-11H2,(H,22,24)/t14-/m1/s1. The van der Waals surface area contributed by atoms with Gasteiger partial charge in [-0.2, -0.15) is 13.2 Å². The van der Waals surface area contributed by atoms with Gasteiger partial charge < -0.3 is 10.2 Å². The maximum Gasteiger partial charge on any atom is 0.405 e. The molecule has 1 atom stereocenters. The molecule has 1 N–H and O–H groups in total. The van der Waals surface area contributed by atoms with Crippen LogP contribution < -0.4 is 5.32 Å². The number of thioether (sulfide) groups is 2. The highest BCUT2D eigenvalue weighted by atomic mass is 32.2. The SMILES string of the molecule is O=C(NCC(F)(F)F)[C@H]1CCCN1C(=O)c1ccc(C2SCCCS2)cc1. The maximum atomic E-state index is 12.8. The van der Waals surface area contributed by atoms with Gasteiger partial charge in [0.2, 0.25) is 5.91 Å². The molecule has 0 radical (unpaired) electrons. The average molecular weight is 419 g/mol. The molecule has 4 nitrogen and oxygen atoms in total. The Morgan fingerprint density at radius 2 is 1.78 bits per heavy atom. The van der Waals surface area contributed by atoms with E-state index in [9.17, 15) is 22.8 Å². The van der Waals surface area contributed by atoms with Crippen LogP contribution in [0.2, 0.25) is 0 Å². The van der Waals surface area contributed by atoms with E-state index in [2.05, 4.69) is 0 Å². The summed E-state index contributed by atoms with van der Waals surface area (Å²) in [6.07, 6.45) is -2.28. The van der Waals surface area contributed by atoms with Crippen molar-refractivity contribution in [3.8, 4) is 0 Å². The van der Waals surface area contributed by atoms with Gasteiger partial charge in [-0.3, -0.25) is 9.59 Å². The highest BCUT2D eigenvalue weighted by molar-refractivity contribution is 8.16. The van der Waals surface area contributed by atoms with Crippen LogP contribution in [0.15, 0.2) is 24.3 Å². The molecule has 0 aliphatic carbocycles. The van der Waals surface area contributed by atoms with Gasteiger partial charge in [-0.15, -0.1) is 23.5 Å². The summed E-state index contributed by atoms with van der Waals surface area (Å²) in [6, 6.07) is 6.51. The third kappa shape index (κ3) is 5.34. The minimum atomic E-state index is -4.46. The molecule has 1 aromatic carbocycles. The molecule has 2 aliphatic rings. The zero-order valence-electron chi connectivity index (χ0n) is 14.6. The Hall–Kier alpha value is -1.35. The first-order valence-corrected chi connectivity index (χ1v) is 10.9. The zero-order valence-corrected chi connectivity index (χ0v) is 16.3. The van der Waals surface area contributed by atoms with Crippen molar-refractivity contribution in [2.24, 2.45) is 0 Å². The molecular formula is C18H21F3N2O2S2. The normalized spacial score (nSPS) is 21.3. The van der Waals surface area contributed by atoms with Crippen LogP contribution in [-0.4, -0.2) is 53.5 Å². The number of hydrogen-bond acceptors (Lipinski definition) is 4. The summed E-state index contributed by atoms with van der Waals surface area (Å²) in [5, 5.41) is 1.89. The lowest BCUT2D eigenvalue weighted by Gasteiger charge is -2.25. The van der Waals surface area contributed by atoms with Crippen LogP contribution in [0.3, 0.4) is 0 Å². The Balaban J connectivity index is 1.64. The number of rotatable bonds is 4. The summed E-state index contributed by atoms with van der Waals surface area (Å²) in [6.45, 7) is -1.01. The van der Waals surface area contributed by atoms with Crippen molar-refractivity contribution in [3.63, 3.8) is 0 Å². The van der Waals surface area contributed by atoms with Crippen molar-refractivity contribution in [2.45, 2.75) is 36.1 Å². The molecular weight excluding hydrogens is 397 g/mol. The van der Waals surface area contributed by atoms with Gasteiger partial charge in [-0.1, -0.05) is 12.1 Å². The fourth-order valence-corrected chi connectivity index (χ4v) is 6.11. The highest BCUT2D eigenvalue weighted by Crippen LogP contribution is 2.43. The summed E-state index contributed by atoms with van der Waals surface area (Å²) in [5.74, 6) is 1.20. The lowest BCUT2D eigenvalue weighted by Crippen LogP contribution is -2.48. The molecule has 0 unspecified atom stereocenters. The van der Waals surface area contributed by atoms with Gasteiger partial charge in [0.15, 0.2) is 0 Å². The number of hydrogen-bond donors (Lipinski definition) is 1. The first-order valence-electron chi connectivity index (χ1n) is 8.84. The number of carbonyl (C=O) groups is 2. The lowest BCUT2D eigenvalue weighted by atomic mass is 10.1. The van der Waals surface area contributed by atoms with E-state index in [1.54, 1.807) is 12.1 Å². The Bertz CT molecular complexity index is 676. The fourth-order valence-electron chi connectivity index (χ4n) is 3.22. The largest absolute Gasteiger partial charge is 0.405 e. The second-order valence-electron chi connectivity index (χ2n) is 6.54. The van der Waals surface area contributed by atoms with Gasteiger partial charge in [0, 0.05) is 12.1 Å². The van der Waals surface area contributed by atoms with Crippen molar-refractivity contribution >= 4 is 35.3 Å². The molecule has 2 amide bonds. The van der Waals surface area contributed by atoms with Gasteiger partial charge in [-0.05, 0) is 48.5 Å². The van der Waals surface area contributed by atoms with Gasteiger partial charge in [-0.25, -0.2) is 0 Å². The van der Waals surface area contributed by atoms with Crippen molar-refractivity contribution < 1.29 is 22.8 Å². The van der Waals surface area contributed by atoms with Crippen LogP contribution in [0.4, 0.5) is 13.2 Å². The number of amides is 2. The zero-order chi connectivity index (χ0) is 19.4. The van der Waals surface area contributed by atoms with Crippen molar-refractivity contribution in [1.82, 2.24) is 10.2 Å². The molecule has 2 heterocycles. The third-order valence-electron chi connectivity index (χ3n) is 4.54. The van der Waals surface area contributed by atoms with Gasteiger partial charge in [0.25, 0.3) is 5.91 Å². The van der Waals surface area contributed by atoms with Crippen LogP contribution >= 0.6 is 23.5 Å². The Morgan fingerprint density at radius 3 is 2.41 bits per heavy atom. The number of alkyl halides is 3. The number of likely N-dealkylation sites (tertiary alicyclic amines) is 1. The van der Waals surface area contributed by atoms with Crippen molar-refractivity contribution in [3.05, 3.63) is 35.4 Å². The Labute approximate surface area is 164 Å². The fraction of sp³-hybridized carbons (Fsp3) is 0.556. The molecule has 148 valence electrons. The predicted octanol–water partition coefficient (Wildman–Crippen LogP) is 3.84. The smallest absolute Gasteiger partial charge is 0.345 e. The van der Waals surface area contributed by atoms with Crippen LogP contribution in [-0.2, 0) is 4.79 Å². The molecule has 2 aliphatic heterocycles. The highest BCUT2D eigenvalue weighted by Gasteiger charge is 2.36.